The van der Waals surface area contributed by atoms with Crippen molar-refractivity contribution in [2.45, 2.75) is 82.9 Å². The van der Waals surface area contributed by atoms with Gasteiger partial charge in [0, 0.05) is 16.1 Å². The Morgan fingerprint density at radius 3 is 2.38 bits per heavy atom. The third-order valence-electron chi connectivity index (χ3n) is 8.16. The molecule has 3 fully saturated rings. The minimum atomic E-state index is 0.105. The number of nitrogens with zero attached hydrogens (tertiary/aromatic N) is 2. The first-order chi connectivity index (χ1) is 19.2. The van der Waals surface area contributed by atoms with Crippen molar-refractivity contribution >= 4 is 55.6 Å². The summed E-state index contributed by atoms with van der Waals surface area (Å²) in [6.45, 7) is 0.464. The number of rotatable bonds is 6. The SMILES string of the molecule is O=C1C(=Cc2c(OCc3ccc(Br)cc3)ccc3ccccc23)SC(=NC2CCCCC2)N1C1CCCCC1. The number of ether oxygens (including phenoxy) is 1. The molecule has 0 spiro atoms. The summed E-state index contributed by atoms with van der Waals surface area (Å²) in [5, 5.41) is 3.15. The summed E-state index contributed by atoms with van der Waals surface area (Å²) in [5.74, 6) is 0.896. The highest BCUT2D eigenvalue weighted by molar-refractivity contribution is 9.10. The lowest BCUT2D eigenvalue weighted by molar-refractivity contribution is -0.124. The third kappa shape index (κ3) is 6.12. The van der Waals surface area contributed by atoms with Crippen molar-refractivity contribution in [3.05, 3.63) is 81.2 Å². The Kier molecular flexibility index (Phi) is 8.40. The van der Waals surface area contributed by atoms with Crippen LogP contribution >= 0.6 is 27.7 Å². The Balaban J connectivity index is 1.36. The molecule has 2 saturated carbocycles. The molecule has 1 heterocycles. The smallest absolute Gasteiger partial charge is 0.267 e. The number of amides is 1. The van der Waals surface area contributed by atoms with Crippen LogP contribution in [0.3, 0.4) is 0 Å². The van der Waals surface area contributed by atoms with Crippen molar-refractivity contribution in [2.75, 3.05) is 0 Å². The van der Waals surface area contributed by atoms with Gasteiger partial charge in [0.15, 0.2) is 5.17 Å². The summed E-state index contributed by atoms with van der Waals surface area (Å²) in [6, 6.07) is 21.3. The third-order valence-corrected chi connectivity index (χ3v) is 9.68. The lowest BCUT2D eigenvalue weighted by Gasteiger charge is -2.31. The summed E-state index contributed by atoms with van der Waals surface area (Å²) in [4.78, 5) is 22.0. The second kappa shape index (κ2) is 12.3. The van der Waals surface area contributed by atoms with E-state index in [0.717, 1.165) is 67.9 Å². The van der Waals surface area contributed by atoms with E-state index in [2.05, 4.69) is 69.4 Å². The average Bonchev–Trinajstić information content (AvgIpc) is 3.28. The summed E-state index contributed by atoms with van der Waals surface area (Å²) >= 11 is 5.08. The Morgan fingerprint density at radius 2 is 1.62 bits per heavy atom. The molecule has 0 atom stereocenters. The molecule has 3 aromatic rings. The zero-order valence-corrected chi connectivity index (χ0v) is 24.7. The molecule has 39 heavy (non-hydrogen) atoms. The van der Waals surface area contributed by atoms with Gasteiger partial charge in [-0.05, 0) is 78.1 Å². The van der Waals surface area contributed by atoms with E-state index in [1.54, 1.807) is 11.8 Å². The first-order valence-electron chi connectivity index (χ1n) is 14.4. The molecule has 0 bridgehead atoms. The van der Waals surface area contributed by atoms with Crippen molar-refractivity contribution in [1.82, 2.24) is 4.90 Å². The number of hydrogen-bond donors (Lipinski definition) is 0. The van der Waals surface area contributed by atoms with E-state index in [-0.39, 0.29) is 11.9 Å². The first kappa shape index (κ1) is 26.6. The van der Waals surface area contributed by atoms with E-state index in [1.165, 1.54) is 38.5 Å². The van der Waals surface area contributed by atoms with Crippen molar-refractivity contribution in [3.63, 3.8) is 0 Å². The lowest BCUT2D eigenvalue weighted by Crippen LogP contribution is -2.41. The lowest BCUT2D eigenvalue weighted by atomic mass is 9.94. The van der Waals surface area contributed by atoms with E-state index >= 15 is 0 Å². The number of amidine groups is 1. The van der Waals surface area contributed by atoms with Gasteiger partial charge in [0.05, 0.1) is 10.9 Å². The van der Waals surface area contributed by atoms with Gasteiger partial charge < -0.3 is 4.74 Å². The van der Waals surface area contributed by atoms with Gasteiger partial charge in [0.2, 0.25) is 0 Å². The second-order valence-electron chi connectivity index (χ2n) is 10.9. The van der Waals surface area contributed by atoms with Crippen LogP contribution in [0.5, 0.6) is 5.75 Å². The van der Waals surface area contributed by atoms with Gasteiger partial charge >= 0.3 is 0 Å². The number of hydrogen-bond acceptors (Lipinski definition) is 4. The van der Waals surface area contributed by atoms with Gasteiger partial charge in [-0.3, -0.25) is 14.7 Å². The van der Waals surface area contributed by atoms with Crippen LogP contribution in [0.1, 0.15) is 75.3 Å². The standard InChI is InChI=1S/C33H35BrN2O2S/c34-25-18-15-23(16-19-25)22-38-30-20-17-24-9-7-8-14-28(24)29(30)21-31-32(37)36(27-12-5-2-6-13-27)33(39-31)35-26-10-3-1-4-11-26/h7-9,14-21,26-27H,1-6,10-13,22H2. The molecule has 0 unspecified atom stereocenters. The molecule has 4 nitrogen and oxygen atoms in total. The number of halogens is 1. The number of fused-ring (bicyclic) bond motifs is 1. The summed E-state index contributed by atoms with van der Waals surface area (Å²) in [6.07, 6.45) is 13.9. The van der Waals surface area contributed by atoms with Crippen LogP contribution in [-0.2, 0) is 11.4 Å². The number of benzene rings is 3. The minimum absolute atomic E-state index is 0.105. The molecule has 1 saturated heterocycles. The summed E-state index contributed by atoms with van der Waals surface area (Å²) < 4.78 is 7.43. The van der Waals surface area contributed by atoms with Crippen LogP contribution in [0.2, 0.25) is 0 Å². The fourth-order valence-electron chi connectivity index (χ4n) is 6.03. The predicted octanol–water partition coefficient (Wildman–Crippen LogP) is 9.12. The zero-order valence-electron chi connectivity index (χ0n) is 22.3. The summed E-state index contributed by atoms with van der Waals surface area (Å²) in [7, 11) is 0. The van der Waals surface area contributed by atoms with Crippen molar-refractivity contribution in [2.24, 2.45) is 4.99 Å². The first-order valence-corrected chi connectivity index (χ1v) is 16.0. The van der Waals surface area contributed by atoms with E-state index in [4.69, 9.17) is 9.73 Å². The molecule has 3 aromatic carbocycles. The van der Waals surface area contributed by atoms with Crippen LogP contribution in [0.15, 0.2) is 75.0 Å². The van der Waals surface area contributed by atoms with Gasteiger partial charge in [-0.2, -0.15) is 0 Å². The van der Waals surface area contributed by atoms with Gasteiger partial charge in [-0.25, -0.2) is 0 Å². The van der Waals surface area contributed by atoms with Crippen LogP contribution in [0.4, 0.5) is 0 Å². The van der Waals surface area contributed by atoms with Crippen LogP contribution < -0.4 is 4.74 Å². The van der Waals surface area contributed by atoms with Gasteiger partial charge in [0.25, 0.3) is 5.91 Å². The van der Waals surface area contributed by atoms with Gasteiger partial charge in [-0.15, -0.1) is 0 Å². The molecule has 6 heteroatoms. The maximum Gasteiger partial charge on any atom is 0.267 e. The normalized spacial score (nSPS) is 21.4. The predicted molar refractivity (Wildman–Crippen MR) is 166 cm³/mol. The van der Waals surface area contributed by atoms with Crippen LogP contribution in [0, 0.1) is 0 Å². The molecular formula is C33H35BrN2O2S. The van der Waals surface area contributed by atoms with Crippen LogP contribution in [-0.4, -0.2) is 28.1 Å². The van der Waals surface area contributed by atoms with E-state index in [0.29, 0.717) is 12.6 Å². The second-order valence-corrected chi connectivity index (χ2v) is 12.8. The Labute approximate surface area is 244 Å². The molecule has 2 aliphatic carbocycles. The molecule has 0 N–H and O–H groups in total. The van der Waals surface area contributed by atoms with Gasteiger partial charge in [0.1, 0.15) is 12.4 Å². The molecular weight excluding hydrogens is 568 g/mol. The monoisotopic (exact) mass is 602 g/mol. The Morgan fingerprint density at radius 1 is 0.897 bits per heavy atom. The van der Waals surface area contributed by atoms with Gasteiger partial charge in [-0.1, -0.05) is 96.9 Å². The number of carbonyl (C=O) groups excluding carboxylic acids is 1. The maximum absolute atomic E-state index is 14.0. The molecule has 1 aliphatic heterocycles. The molecule has 0 radical (unpaired) electrons. The molecule has 0 aromatic heterocycles. The maximum atomic E-state index is 14.0. The largest absolute Gasteiger partial charge is 0.488 e. The average molecular weight is 604 g/mol. The molecule has 1 amide bonds. The Hall–Kier alpha value is -2.57. The highest BCUT2D eigenvalue weighted by Crippen LogP contribution is 2.40. The summed E-state index contributed by atoms with van der Waals surface area (Å²) in [5.41, 5.74) is 2.06. The number of aliphatic imine (C=N–C) groups is 1. The van der Waals surface area contributed by atoms with E-state index < -0.39 is 0 Å². The topological polar surface area (TPSA) is 41.9 Å². The fraction of sp³-hybridized carbons (Fsp3) is 0.394. The van der Waals surface area contributed by atoms with Crippen molar-refractivity contribution in [3.8, 4) is 5.75 Å². The van der Waals surface area contributed by atoms with Crippen LogP contribution in [0.25, 0.3) is 16.8 Å². The highest BCUT2D eigenvalue weighted by Gasteiger charge is 2.39. The zero-order chi connectivity index (χ0) is 26.6. The highest BCUT2D eigenvalue weighted by atomic mass is 79.9. The number of carbonyl (C=O) groups is 1. The molecule has 6 rings (SSSR count). The quantitative estimate of drug-likeness (QED) is 0.264. The number of thioether (sulfide) groups is 1. The van der Waals surface area contributed by atoms with Crippen molar-refractivity contribution in [1.29, 1.82) is 0 Å². The molecule has 202 valence electrons. The van der Waals surface area contributed by atoms with Crippen molar-refractivity contribution < 1.29 is 9.53 Å². The molecule has 3 aliphatic rings. The fourth-order valence-corrected chi connectivity index (χ4v) is 7.38. The Bertz CT molecular complexity index is 1390. The van der Waals surface area contributed by atoms with E-state index in [9.17, 15) is 4.79 Å². The minimum Gasteiger partial charge on any atom is -0.488 e. The van der Waals surface area contributed by atoms with E-state index in [1.807, 2.05) is 18.2 Å².